The van der Waals surface area contributed by atoms with Crippen molar-refractivity contribution >= 4 is 6.03 Å². The van der Waals surface area contributed by atoms with Gasteiger partial charge >= 0.3 is 6.03 Å². The van der Waals surface area contributed by atoms with E-state index in [0.29, 0.717) is 12.0 Å². The first kappa shape index (κ1) is 9.36. The second-order valence-electron chi connectivity index (χ2n) is 3.54. The molecular weight excluding hydrogens is 152 g/mol. The van der Waals surface area contributed by atoms with Gasteiger partial charge in [-0.25, -0.2) is 4.79 Å². The highest BCUT2D eigenvalue weighted by Gasteiger charge is 2.30. The average molecular weight is 170 g/mol. The van der Waals surface area contributed by atoms with Gasteiger partial charge in [-0.15, -0.1) is 0 Å². The van der Waals surface area contributed by atoms with Gasteiger partial charge in [0.1, 0.15) is 0 Å². The van der Waals surface area contributed by atoms with E-state index in [4.69, 9.17) is 0 Å². The first-order chi connectivity index (χ1) is 5.66. The van der Waals surface area contributed by atoms with Gasteiger partial charge in [0.05, 0.1) is 0 Å². The molecule has 2 atom stereocenters. The van der Waals surface area contributed by atoms with E-state index >= 15 is 0 Å². The molecule has 12 heavy (non-hydrogen) atoms. The summed E-state index contributed by atoms with van der Waals surface area (Å²) in [5, 5.41) is 2.83. The summed E-state index contributed by atoms with van der Waals surface area (Å²) >= 11 is 0. The van der Waals surface area contributed by atoms with Crippen LogP contribution in [0.5, 0.6) is 0 Å². The molecule has 3 heteroatoms. The lowest BCUT2D eigenvalue weighted by Gasteiger charge is -2.23. The molecule has 0 aromatic rings. The van der Waals surface area contributed by atoms with Crippen LogP contribution in [-0.2, 0) is 0 Å². The van der Waals surface area contributed by atoms with Crippen molar-refractivity contribution in [3.8, 4) is 0 Å². The molecule has 0 spiro atoms. The van der Waals surface area contributed by atoms with E-state index < -0.39 is 0 Å². The van der Waals surface area contributed by atoms with Crippen LogP contribution in [0, 0.1) is 5.92 Å². The number of amides is 2. The molecule has 1 N–H and O–H groups in total. The van der Waals surface area contributed by atoms with E-state index in [1.165, 1.54) is 0 Å². The lowest BCUT2D eigenvalue weighted by Crippen LogP contribution is -2.42. The molecule has 2 amide bonds. The minimum Gasteiger partial charge on any atom is -0.338 e. The molecule has 1 fully saturated rings. The van der Waals surface area contributed by atoms with Crippen molar-refractivity contribution in [3.05, 3.63) is 0 Å². The van der Waals surface area contributed by atoms with Gasteiger partial charge in [0.2, 0.25) is 0 Å². The lowest BCUT2D eigenvalue weighted by molar-refractivity contribution is 0.192. The summed E-state index contributed by atoms with van der Waals surface area (Å²) in [6.07, 6.45) is 1.14. The monoisotopic (exact) mass is 170 g/mol. The van der Waals surface area contributed by atoms with E-state index in [2.05, 4.69) is 19.2 Å². The maximum Gasteiger partial charge on any atom is 0.317 e. The fourth-order valence-electron chi connectivity index (χ4n) is 1.63. The molecule has 0 bridgehead atoms. The van der Waals surface area contributed by atoms with Gasteiger partial charge in [0.15, 0.2) is 0 Å². The number of hydrogen-bond acceptors (Lipinski definition) is 1. The highest BCUT2D eigenvalue weighted by atomic mass is 16.2. The first-order valence-electron chi connectivity index (χ1n) is 4.71. The topological polar surface area (TPSA) is 32.3 Å². The van der Waals surface area contributed by atoms with Crippen LogP contribution in [0.4, 0.5) is 4.79 Å². The number of nitrogens with one attached hydrogen (secondary N) is 1. The zero-order chi connectivity index (χ0) is 9.14. The van der Waals surface area contributed by atoms with Gasteiger partial charge in [-0.2, -0.15) is 0 Å². The van der Waals surface area contributed by atoms with Crippen molar-refractivity contribution in [2.75, 3.05) is 13.1 Å². The van der Waals surface area contributed by atoms with Crippen molar-refractivity contribution in [3.63, 3.8) is 0 Å². The smallest absolute Gasteiger partial charge is 0.317 e. The van der Waals surface area contributed by atoms with Crippen molar-refractivity contribution < 1.29 is 4.79 Å². The molecule has 0 aromatic carbocycles. The molecular formula is C9H18N2O. The zero-order valence-corrected chi connectivity index (χ0v) is 8.13. The standard InChI is InChI=1S/C9H18N2O/c1-4-10-9(12)11-6-5-7(2)8(11)3/h7-8H,4-6H2,1-3H3,(H,10,12). The lowest BCUT2D eigenvalue weighted by atomic mass is 10.1. The SMILES string of the molecule is CCNC(=O)N1CCC(C)C1C. The van der Waals surface area contributed by atoms with Crippen LogP contribution >= 0.6 is 0 Å². The Hall–Kier alpha value is -0.730. The number of likely N-dealkylation sites (tertiary alicyclic amines) is 1. The third-order valence-electron chi connectivity index (χ3n) is 2.73. The number of carbonyl (C=O) groups excluding carboxylic acids is 1. The quantitative estimate of drug-likeness (QED) is 0.634. The van der Waals surface area contributed by atoms with Crippen LogP contribution < -0.4 is 5.32 Å². The Labute approximate surface area is 74.1 Å². The van der Waals surface area contributed by atoms with Crippen molar-refractivity contribution in [1.82, 2.24) is 10.2 Å². The van der Waals surface area contributed by atoms with Crippen LogP contribution in [0.15, 0.2) is 0 Å². The predicted octanol–water partition coefficient (Wildman–Crippen LogP) is 1.45. The Morgan fingerprint density at radius 2 is 2.25 bits per heavy atom. The van der Waals surface area contributed by atoms with Crippen LogP contribution in [0.2, 0.25) is 0 Å². The molecule has 1 rings (SSSR count). The fraction of sp³-hybridized carbons (Fsp3) is 0.889. The fourth-order valence-corrected chi connectivity index (χ4v) is 1.63. The van der Waals surface area contributed by atoms with Gasteiger partial charge in [0.25, 0.3) is 0 Å². The molecule has 0 radical (unpaired) electrons. The summed E-state index contributed by atoms with van der Waals surface area (Å²) in [7, 11) is 0. The largest absolute Gasteiger partial charge is 0.338 e. The van der Waals surface area contributed by atoms with Crippen LogP contribution in [0.25, 0.3) is 0 Å². The van der Waals surface area contributed by atoms with Crippen molar-refractivity contribution in [2.24, 2.45) is 5.92 Å². The summed E-state index contributed by atoms with van der Waals surface area (Å²) in [5.74, 6) is 0.646. The van der Waals surface area contributed by atoms with E-state index in [1.54, 1.807) is 0 Å². The Bertz CT molecular complexity index is 170. The summed E-state index contributed by atoms with van der Waals surface area (Å²) in [4.78, 5) is 13.3. The van der Waals surface area contributed by atoms with E-state index in [0.717, 1.165) is 19.5 Å². The van der Waals surface area contributed by atoms with Gasteiger partial charge < -0.3 is 10.2 Å². The number of hydrogen-bond donors (Lipinski definition) is 1. The Morgan fingerprint density at radius 3 is 2.67 bits per heavy atom. The molecule has 0 saturated carbocycles. The summed E-state index contributed by atoms with van der Waals surface area (Å²) in [5.41, 5.74) is 0. The van der Waals surface area contributed by atoms with E-state index in [-0.39, 0.29) is 6.03 Å². The van der Waals surface area contributed by atoms with Gasteiger partial charge in [0, 0.05) is 19.1 Å². The Balaban J connectivity index is 2.47. The van der Waals surface area contributed by atoms with E-state index in [9.17, 15) is 4.79 Å². The normalized spacial score (nSPS) is 29.1. The summed E-state index contributed by atoms with van der Waals surface area (Å²) in [6.45, 7) is 7.89. The molecule has 2 unspecified atom stereocenters. The molecule has 1 saturated heterocycles. The second-order valence-corrected chi connectivity index (χ2v) is 3.54. The molecule has 3 nitrogen and oxygen atoms in total. The number of nitrogens with zero attached hydrogens (tertiary/aromatic N) is 1. The Morgan fingerprint density at radius 1 is 1.58 bits per heavy atom. The zero-order valence-electron chi connectivity index (χ0n) is 8.13. The summed E-state index contributed by atoms with van der Waals surface area (Å²) in [6, 6.07) is 0.492. The highest BCUT2D eigenvalue weighted by molar-refractivity contribution is 5.74. The van der Waals surface area contributed by atoms with Crippen molar-refractivity contribution in [1.29, 1.82) is 0 Å². The first-order valence-corrected chi connectivity index (χ1v) is 4.71. The van der Waals surface area contributed by atoms with E-state index in [1.807, 2.05) is 11.8 Å². The predicted molar refractivity (Wildman–Crippen MR) is 49.0 cm³/mol. The van der Waals surface area contributed by atoms with Gasteiger partial charge in [-0.3, -0.25) is 0 Å². The highest BCUT2D eigenvalue weighted by Crippen LogP contribution is 2.22. The molecule has 1 aliphatic heterocycles. The summed E-state index contributed by atoms with van der Waals surface area (Å²) < 4.78 is 0. The van der Waals surface area contributed by atoms with Crippen LogP contribution in [0.1, 0.15) is 27.2 Å². The maximum absolute atomic E-state index is 11.4. The molecule has 70 valence electrons. The third kappa shape index (κ3) is 1.71. The average Bonchev–Trinajstić information content (AvgIpc) is 2.34. The molecule has 0 aromatic heterocycles. The Kier molecular flexibility index (Phi) is 2.95. The number of urea groups is 1. The minimum absolute atomic E-state index is 0.0920. The van der Waals surface area contributed by atoms with Gasteiger partial charge in [-0.05, 0) is 26.2 Å². The third-order valence-corrected chi connectivity index (χ3v) is 2.73. The maximum atomic E-state index is 11.4. The van der Waals surface area contributed by atoms with Crippen molar-refractivity contribution in [2.45, 2.75) is 33.2 Å². The molecule has 1 aliphatic rings. The number of rotatable bonds is 1. The molecule has 1 heterocycles. The molecule has 0 aliphatic carbocycles. The number of carbonyl (C=O) groups is 1. The van der Waals surface area contributed by atoms with Crippen LogP contribution in [0.3, 0.4) is 0 Å². The minimum atomic E-state index is 0.0920. The van der Waals surface area contributed by atoms with Gasteiger partial charge in [-0.1, -0.05) is 6.92 Å². The second kappa shape index (κ2) is 3.78. The van der Waals surface area contributed by atoms with Crippen LogP contribution in [-0.4, -0.2) is 30.1 Å².